The molecule has 0 aromatic carbocycles. The van der Waals surface area contributed by atoms with Crippen molar-refractivity contribution in [1.82, 2.24) is 4.72 Å². The Morgan fingerprint density at radius 2 is 2.15 bits per heavy atom. The van der Waals surface area contributed by atoms with Crippen LogP contribution in [0, 0.1) is 11.8 Å². The first kappa shape index (κ1) is 15.2. The Labute approximate surface area is 126 Å². The van der Waals surface area contributed by atoms with Crippen LogP contribution in [0.15, 0.2) is 33.9 Å². The van der Waals surface area contributed by atoms with E-state index >= 15 is 0 Å². The molecule has 2 heterocycles. The molecule has 0 atom stereocenters. The van der Waals surface area contributed by atoms with Crippen molar-refractivity contribution in [2.75, 3.05) is 6.61 Å². The molecule has 0 aliphatic rings. The number of aliphatic hydroxyl groups is 1. The molecule has 2 rings (SSSR count). The predicted octanol–water partition coefficient (Wildman–Crippen LogP) is 2.02. The first-order chi connectivity index (χ1) is 9.62. The van der Waals surface area contributed by atoms with E-state index in [2.05, 4.69) is 16.6 Å². The summed E-state index contributed by atoms with van der Waals surface area (Å²) in [5, 5.41) is 10.4. The summed E-state index contributed by atoms with van der Waals surface area (Å²) in [6, 6.07) is 6.99. The molecule has 0 bridgehead atoms. The summed E-state index contributed by atoms with van der Waals surface area (Å²) in [4.78, 5) is 1.77. The lowest BCUT2D eigenvalue weighted by atomic mass is 10.4. The van der Waals surface area contributed by atoms with Crippen LogP contribution in [0.1, 0.15) is 16.2 Å². The van der Waals surface area contributed by atoms with Crippen LogP contribution in [0.4, 0.5) is 0 Å². The highest BCUT2D eigenvalue weighted by atomic mass is 32.2. The number of sulfonamides is 1. The third-order valence-electron chi connectivity index (χ3n) is 2.31. The summed E-state index contributed by atoms with van der Waals surface area (Å²) in [7, 11) is -3.42. The average molecular weight is 327 g/mol. The van der Waals surface area contributed by atoms with Gasteiger partial charge in [-0.2, -0.15) is 0 Å². The smallest absolute Gasteiger partial charge is 0.250 e. The molecule has 0 unspecified atom stereocenters. The molecule has 0 spiro atoms. The van der Waals surface area contributed by atoms with Gasteiger partial charge in [-0.05, 0) is 23.6 Å². The number of thiophene rings is 2. The number of nitrogens with one attached hydrogen (secondary N) is 1. The molecule has 4 nitrogen and oxygen atoms in total. The van der Waals surface area contributed by atoms with Gasteiger partial charge in [-0.25, -0.2) is 13.1 Å². The van der Waals surface area contributed by atoms with E-state index in [-0.39, 0.29) is 13.2 Å². The summed E-state index contributed by atoms with van der Waals surface area (Å²) < 4.78 is 26.7. The van der Waals surface area contributed by atoms with Gasteiger partial charge in [0.1, 0.15) is 4.21 Å². The van der Waals surface area contributed by atoms with Gasteiger partial charge in [0.15, 0.2) is 0 Å². The van der Waals surface area contributed by atoms with Crippen molar-refractivity contribution in [2.24, 2.45) is 0 Å². The zero-order valence-electron chi connectivity index (χ0n) is 10.5. The monoisotopic (exact) mass is 327 g/mol. The van der Waals surface area contributed by atoms with Crippen molar-refractivity contribution < 1.29 is 13.5 Å². The second-order valence-electron chi connectivity index (χ2n) is 3.80. The third-order valence-corrected chi connectivity index (χ3v) is 6.11. The molecule has 106 valence electrons. The molecular weight excluding hydrogens is 314 g/mol. The Morgan fingerprint density at radius 3 is 2.85 bits per heavy atom. The zero-order chi connectivity index (χ0) is 14.4. The van der Waals surface area contributed by atoms with Crippen LogP contribution in [0.2, 0.25) is 0 Å². The number of hydrogen-bond acceptors (Lipinski definition) is 5. The fourth-order valence-electron chi connectivity index (χ4n) is 1.40. The molecule has 2 N–H and O–H groups in total. The average Bonchev–Trinajstić information content (AvgIpc) is 3.09. The quantitative estimate of drug-likeness (QED) is 0.826. The molecule has 2 aromatic rings. The minimum Gasteiger partial charge on any atom is -0.395 e. The Kier molecular flexibility index (Phi) is 5.34. The summed E-state index contributed by atoms with van der Waals surface area (Å²) in [6.07, 6.45) is 0.443. The number of aliphatic hydroxyl groups excluding tert-OH is 1. The van der Waals surface area contributed by atoms with Gasteiger partial charge in [-0.1, -0.05) is 17.9 Å². The summed E-state index contributed by atoms with van der Waals surface area (Å²) >= 11 is 2.63. The van der Waals surface area contributed by atoms with Gasteiger partial charge in [0.05, 0.1) is 11.5 Å². The first-order valence-corrected chi connectivity index (χ1v) is 9.01. The zero-order valence-corrected chi connectivity index (χ0v) is 12.9. The summed E-state index contributed by atoms with van der Waals surface area (Å²) in [6.45, 7) is 0.304. The molecule has 7 heteroatoms. The second-order valence-corrected chi connectivity index (χ2v) is 7.91. The molecule has 0 fully saturated rings. The Bertz CT molecular complexity index is 706. The van der Waals surface area contributed by atoms with Crippen molar-refractivity contribution >= 4 is 32.7 Å². The van der Waals surface area contributed by atoms with Crippen molar-refractivity contribution in [3.63, 3.8) is 0 Å². The molecule has 0 saturated heterocycles. The molecule has 0 radical (unpaired) electrons. The van der Waals surface area contributed by atoms with Gasteiger partial charge >= 0.3 is 0 Å². The Balaban J connectivity index is 1.97. The molecule has 0 amide bonds. The minimum absolute atomic E-state index is 0.0475. The standard InChI is InChI=1S/C13H13NO3S3/c15-8-2-1-4-11-6-7-12(19-11)10-14-20(16,17)13-5-3-9-18-13/h3,5-7,9,14-15H,2,8,10H2. The maximum atomic E-state index is 11.9. The van der Waals surface area contributed by atoms with Crippen LogP contribution in [-0.4, -0.2) is 20.1 Å². The van der Waals surface area contributed by atoms with Gasteiger partial charge in [0.25, 0.3) is 0 Å². The highest BCUT2D eigenvalue weighted by Gasteiger charge is 2.14. The predicted molar refractivity (Wildman–Crippen MR) is 81.2 cm³/mol. The molecule has 2 aromatic heterocycles. The summed E-state index contributed by atoms with van der Waals surface area (Å²) in [5.41, 5.74) is 0. The maximum absolute atomic E-state index is 11.9. The highest BCUT2D eigenvalue weighted by molar-refractivity contribution is 7.91. The van der Waals surface area contributed by atoms with E-state index in [1.54, 1.807) is 17.5 Å². The van der Waals surface area contributed by atoms with E-state index in [9.17, 15) is 8.42 Å². The first-order valence-electron chi connectivity index (χ1n) is 5.83. The van der Waals surface area contributed by atoms with Crippen LogP contribution in [0.5, 0.6) is 0 Å². The molecular formula is C13H13NO3S3. The van der Waals surface area contributed by atoms with Crippen molar-refractivity contribution in [3.8, 4) is 11.8 Å². The lowest BCUT2D eigenvalue weighted by molar-refractivity contribution is 0.305. The van der Waals surface area contributed by atoms with Crippen LogP contribution in [0.3, 0.4) is 0 Å². The van der Waals surface area contributed by atoms with Crippen molar-refractivity contribution in [3.05, 3.63) is 39.4 Å². The third kappa shape index (κ3) is 4.16. The Hall–Kier alpha value is -1.17. The lowest BCUT2D eigenvalue weighted by Gasteiger charge is -2.02. The maximum Gasteiger partial charge on any atom is 0.250 e. The SMILES string of the molecule is O=S(=O)(NCc1ccc(C#CCCO)s1)c1cccs1. The van der Waals surface area contributed by atoms with Crippen LogP contribution < -0.4 is 4.72 Å². The van der Waals surface area contributed by atoms with Crippen LogP contribution >= 0.6 is 22.7 Å². The van der Waals surface area contributed by atoms with Gasteiger partial charge < -0.3 is 5.11 Å². The normalized spacial score (nSPS) is 11.1. The van der Waals surface area contributed by atoms with Crippen molar-refractivity contribution in [2.45, 2.75) is 17.2 Å². The topological polar surface area (TPSA) is 66.4 Å². The van der Waals surface area contributed by atoms with Gasteiger partial charge in [-0.15, -0.1) is 22.7 Å². The van der Waals surface area contributed by atoms with Crippen LogP contribution in [0.25, 0.3) is 0 Å². The molecule has 0 aliphatic heterocycles. The van der Waals surface area contributed by atoms with Gasteiger partial charge in [0.2, 0.25) is 10.0 Å². The number of hydrogen-bond donors (Lipinski definition) is 2. The highest BCUT2D eigenvalue weighted by Crippen LogP contribution is 2.18. The molecule has 20 heavy (non-hydrogen) atoms. The lowest BCUT2D eigenvalue weighted by Crippen LogP contribution is -2.21. The van der Waals surface area contributed by atoms with Crippen molar-refractivity contribution in [1.29, 1.82) is 0 Å². The van der Waals surface area contributed by atoms with E-state index < -0.39 is 10.0 Å². The van der Waals surface area contributed by atoms with Crippen LogP contribution in [-0.2, 0) is 16.6 Å². The van der Waals surface area contributed by atoms with Gasteiger partial charge in [-0.3, -0.25) is 0 Å². The van der Waals surface area contributed by atoms with Gasteiger partial charge in [0, 0.05) is 17.8 Å². The minimum atomic E-state index is -3.42. The van der Waals surface area contributed by atoms with E-state index in [0.29, 0.717) is 10.6 Å². The fraction of sp³-hybridized carbons (Fsp3) is 0.231. The molecule has 0 saturated carbocycles. The Morgan fingerprint density at radius 1 is 1.30 bits per heavy atom. The van der Waals surface area contributed by atoms with E-state index in [1.165, 1.54) is 22.7 Å². The van der Waals surface area contributed by atoms with E-state index in [4.69, 9.17) is 5.11 Å². The van der Waals surface area contributed by atoms with E-state index in [0.717, 1.165) is 9.75 Å². The summed E-state index contributed by atoms with van der Waals surface area (Å²) in [5.74, 6) is 5.76. The number of rotatable bonds is 5. The largest absolute Gasteiger partial charge is 0.395 e. The fourth-order valence-corrected chi connectivity index (χ4v) is 4.36. The second kappa shape index (κ2) is 7.02. The molecule has 0 aliphatic carbocycles. The van der Waals surface area contributed by atoms with E-state index in [1.807, 2.05) is 12.1 Å².